The van der Waals surface area contributed by atoms with Crippen molar-refractivity contribution in [3.8, 4) is 11.5 Å². The maximum absolute atomic E-state index is 12.4. The summed E-state index contributed by atoms with van der Waals surface area (Å²) in [4.78, 5) is 12.4. The van der Waals surface area contributed by atoms with Crippen molar-refractivity contribution in [1.29, 1.82) is 0 Å². The lowest BCUT2D eigenvalue weighted by Gasteiger charge is -2.10. The summed E-state index contributed by atoms with van der Waals surface area (Å²) in [6.07, 6.45) is 0.115. The molecule has 2 aromatic carbocycles. The Bertz CT molecular complexity index is 633. The number of carbonyl (C=O) groups is 1. The Kier molecular flexibility index (Phi) is 5.02. The highest BCUT2D eigenvalue weighted by Gasteiger charge is 2.11. The molecule has 0 amide bonds. The largest absolute Gasteiger partial charge is 0.496 e. The van der Waals surface area contributed by atoms with Gasteiger partial charge in [0.2, 0.25) is 0 Å². The number of ketones is 1. The topological polar surface area (TPSA) is 35.5 Å². The quantitative estimate of drug-likeness (QED) is 0.747. The first kappa shape index (κ1) is 15.6. The van der Waals surface area contributed by atoms with E-state index in [-0.39, 0.29) is 11.9 Å². The lowest BCUT2D eigenvalue weighted by Crippen LogP contribution is -2.06. The Hall–Kier alpha value is -1.81. The molecule has 0 aliphatic heterocycles. The minimum atomic E-state index is -0.0329. The molecule has 3 nitrogen and oxygen atoms in total. The summed E-state index contributed by atoms with van der Waals surface area (Å²) < 4.78 is 11.5. The predicted octanol–water partition coefficient (Wildman–Crippen LogP) is 4.48. The van der Waals surface area contributed by atoms with E-state index in [2.05, 4.69) is 15.9 Å². The van der Waals surface area contributed by atoms with Crippen LogP contribution >= 0.6 is 15.9 Å². The Morgan fingerprint density at radius 2 is 1.67 bits per heavy atom. The Labute approximate surface area is 133 Å². The van der Waals surface area contributed by atoms with Crippen LogP contribution in [0.1, 0.15) is 29.8 Å². The summed E-state index contributed by atoms with van der Waals surface area (Å²) in [6, 6.07) is 12.5. The molecule has 0 radical (unpaired) electrons. The molecule has 0 saturated heterocycles. The summed E-state index contributed by atoms with van der Waals surface area (Å²) in [5, 5.41) is 0. The lowest BCUT2D eigenvalue weighted by atomic mass is 10.0. The van der Waals surface area contributed by atoms with Crippen molar-refractivity contribution in [2.45, 2.75) is 20.0 Å². The fourth-order valence-corrected chi connectivity index (χ4v) is 2.47. The van der Waals surface area contributed by atoms with E-state index in [0.29, 0.717) is 16.9 Å². The van der Waals surface area contributed by atoms with Crippen molar-refractivity contribution < 1.29 is 14.3 Å². The van der Waals surface area contributed by atoms with Gasteiger partial charge in [-0.2, -0.15) is 0 Å². The highest BCUT2D eigenvalue weighted by molar-refractivity contribution is 9.10. The van der Waals surface area contributed by atoms with Gasteiger partial charge in [-0.05, 0) is 72.2 Å². The highest BCUT2D eigenvalue weighted by Crippen LogP contribution is 2.27. The van der Waals surface area contributed by atoms with E-state index in [0.717, 1.165) is 10.2 Å². The second-order valence-corrected chi connectivity index (χ2v) is 5.72. The molecule has 0 saturated carbocycles. The van der Waals surface area contributed by atoms with E-state index in [1.807, 2.05) is 26.0 Å². The van der Waals surface area contributed by atoms with E-state index < -0.39 is 0 Å². The van der Waals surface area contributed by atoms with E-state index in [9.17, 15) is 4.79 Å². The minimum absolute atomic E-state index is 0.0329. The van der Waals surface area contributed by atoms with Crippen LogP contribution in [-0.2, 0) is 0 Å². The molecular formula is C17H17BrO3. The van der Waals surface area contributed by atoms with E-state index in [1.54, 1.807) is 37.4 Å². The molecule has 0 fully saturated rings. The third kappa shape index (κ3) is 3.85. The van der Waals surface area contributed by atoms with Crippen molar-refractivity contribution in [1.82, 2.24) is 0 Å². The maximum Gasteiger partial charge on any atom is 0.193 e. The molecular weight excluding hydrogens is 332 g/mol. The predicted molar refractivity (Wildman–Crippen MR) is 86.3 cm³/mol. The summed E-state index contributed by atoms with van der Waals surface area (Å²) >= 11 is 3.39. The van der Waals surface area contributed by atoms with Crippen LogP contribution in [0, 0.1) is 0 Å². The number of hydrogen-bond acceptors (Lipinski definition) is 3. The number of rotatable bonds is 5. The molecule has 110 valence electrons. The number of methoxy groups -OCH3 is 1. The Balaban J connectivity index is 2.21. The zero-order chi connectivity index (χ0) is 15.4. The first-order valence-corrected chi connectivity index (χ1v) is 7.45. The second kappa shape index (κ2) is 6.76. The van der Waals surface area contributed by atoms with E-state index in [1.165, 1.54) is 0 Å². The van der Waals surface area contributed by atoms with Crippen molar-refractivity contribution in [2.24, 2.45) is 0 Å². The van der Waals surface area contributed by atoms with E-state index in [4.69, 9.17) is 9.47 Å². The molecule has 0 aliphatic rings. The standard InChI is InChI=1S/C17H17BrO3/c1-11(2)21-14-7-4-12(5-8-14)17(19)13-6-9-16(20-3)15(18)10-13/h4-11H,1-3H3. The molecule has 2 rings (SSSR count). The lowest BCUT2D eigenvalue weighted by molar-refractivity contribution is 0.103. The summed E-state index contributed by atoms with van der Waals surface area (Å²) in [5.74, 6) is 1.43. The van der Waals surface area contributed by atoms with Gasteiger partial charge in [0.15, 0.2) is 5.78 Å². The van der Waals surface area contributed by atoms with Crippen LogP contribution in [0.3, 0.4) is 0 Å². The van der Waals surface area contributed by atoms with Gasteiger partial charge in [0.1, 0.15) is 11.5 Å². The molecule has 0 heterocycles. The van der Waals surface area contributed by atoms with Crippen LogP contribution in [0.15, 0.2) is 46.9 Å². The number of ether oxygens (including phenoxy) is 2. The molecule has 4 heteroatoms. The fraction of sp³-hybridized carbons (Fsp3) is 0.235. The maximum atomic E-state index is 12.4. The molecule has 0 spiro atoms. The summed E-state index contributed by atoms with van der Waals surface area (Å²) in [7, 11) is 1.59. The normalized spacial score (nSPS) is 10.5. The van der Waals surface area contributed by atoms with Gasteiger partial charge in [-0.25, -0.2) is 0 Å². The molecule has 21 heavy (non-hydrogen) atoms. The van der Waals surface area contributed by atoms with Gasteiger partial charge < -0.3 is 9.47 Å². The van der Waals surface area contributed by atoms with Gasteiger partial charge in [0, 0.05) is 11.1 Å². The van der Waals surface area contributed by atoms with Crippen LogP contribution in [0.25, 0.3) is 0 Å². The average molecular weight is 349 g/mol. The zero-order valence-electron chi connectivity index (χ0n) is 12.2. The first-order chi connectivity index (χ1) is 10.0. The van der Waals surface area contributed by atoms with Gasteiger partial charge in [-0.3, -0.25) is 4.79 Å². The minimum Gasteiger partial charge on any atom is -0.496 e. The van der Waals surface area contributed by atoms with Gasteiger partial charge in [0.25, 0.3) is 0 Å². The van der Waals surface area contributed by atoms with Crippen LogP contribution in [0.2, 0.25) is 0 Å². The number of hydrogen-bond donors (Lipinski definition) is 0. The third-order valence-corrected chi connectivity index (χ3v) is 3.52. The Morgan fingerprint density at radius 1 is 1.05 bits per heavy atom. The molecule has 0 N–H and O–H groups in total. The van der Waals surface area contributed by atoms with Gasteiger partial charge >= 0.3 is 0 Å². The average Bonchev–Trinajstić information content (AvgIpc) is 2.46. The van der Waals surface area contributed by atoms with Crippen LogP contribution < -0.4 is 9.47 Å². The van der Waals surface area contributed by atoms with Crippen LogP contribution in [0.5, 0.6) is 11.5 Å². The zero-order valence-corrected chi connectivity index (χ0v) is 13.8. The SMILES string of the molecule is COc1ccc(C(=O)c2ccc(OC(C)C)cc2)cc1Br. The van der Waals surface area contributed by atoms with Crippen LogP contribution in [0.4, 0.5) is 0 Å². The van der Waals surface area contributed by atoms with Gasteiger partial charge in [-0.15, -0.1) is 0 Å². The molecule has 0 unspecified atom stereocenters. The number of carbonyl (C=O) groups excluding carboxylic acids is 1. The van der Waals surface area contributed by atoms with Crippen molar-refractivity contribution in [2.75, 3.05) is 7.11 Å². The highest BCUT2D eigenvalue weighted by atomic mass is 79.9. The fourth-order valence-electron chi connectivity index (χ4n) is 1.93. The summed E-state index contributed by atoms with van der Waals surface area (Å²) in [6.45, 7) is 3.93. The molecule has 0 aliphatic carbocycles. The van der Waals surface area contributed by atoms with Gasteiger partial charge in [0.05, 0.1) is 17.7 Å². The van der Waals surface area contributed by atoms with Crippen molar-refractivity contribution >= 4 is 21.7 Å². The van der Waals surface area contributed by atoms with Crippen molar-refractivity contribution in [3.05, 3.63) is 58.1 Å². The smallest absolute Gasteiger partial charge is 0.193 e. The first-order valence-electron chi connectivity index (χ1n) is 6.66. The molecule has 2 aromatic rings. The van der Waals surface area contributed by atoms with Crippen molar-refractivity contribution in [3.63, 3.8) is 0 Å². The number of halogens is 1. The third-order valence-electron chi connectivity index (χ3n) is 2.90. The summed E-state index contributed by atoms with van der Waals surface area (Å²) in [5.41, 5.74) is 1.24. The number of benzene rings is 2. The molecule has 0 bridgehead atoms. The molecule has 0 aromatic heterocycles. The van der Waals surface area contributed by atoms with Crippen LogP contribution in [-0.4, -0.2) is 19.0 Å². The Morgan fingerprint density at radius 3 is 2.19 bits per heavy atom. The van der Waals surface area contributed by atoms with Gasteiger partial charge in [-0.1, -0.05) is 0 Å². The second-order valence-electron chi connectivity index (χ2n) is 4.87. The monoisotopic (exact) mass is 348 g/mol. The molecule has 0 atom stereocenters. The van der Waals surface area contributed by atoms with E-state index >= 15 is 0 Å².